The number of hydrogen-bond donors (Lipinski definition) is 0. The first kappa shape index (κ1) is 24.2. The Morgan fingerprint density at radius 2 is 1.42 bits per heavy atom. The molecule has 1 unspecified atom stereocenters. The fraction of sp³-hybridized carbons (Fsp3) is 1.00. The SMILES string of the molecule is CCCC1(OC)CCCC[Si]1(OC)OC.CC[Si](OC)(OC)OC. The highest BCUT2D eigenvalue weighted by molar-refractivity contribution is 6.70. The summed E-state index contributed by atoms with van der Waals surface area (Å²) in [5, 5.41) is -0.122. The molecule has 0 aromatic rings. The minimum atomic E-state index is -2.19. The Hall–Kier alpha value is 0.194. The smallest absolute Gasteiger partial charge is 0.396 e. The molecule has 1 fully saturated rings. The van der Waals surface area contributed by atoms with Gasteiger partial charge in [-0.25, -0.2) is 0 Å². The lowest BCUT2D eigenvalue weighted by atomic mass is 10.1. The zero-order valence-electron chi connectivity index (χ0n) is 16.9. The van der Waals surface area contributed by atoms with Crippen LogP contribution in [0.3, 0.4) is 0 Å². The van der Waals surface area contributed by atoms with E-state index in [4.69, 9.17) is 26.9 Å². The first-order valence-electron chi connectivity index (χ1n) is 8.75. The maximum Gasteiger partial charge on any atom is 0.499 e. The van der Waals surface area contributed by atoms with Gasteiger partial charge in [0.2, 0.25) is 0 Å². The van der Waals surface area contributed by atoms with E-state index < -0.39 is 17.4 Å². The van der Waals surface area contributed by atoms with Crippen molar-refractivity contribution in [3.8, 4) is 0 Å². The molecule has 1 heterocycles. The van der Waals surface area contributed by atoms with Crippen molar-refractivity contribution in [3.63, 3.8) is 0 Å². The second kappa shape index (κ2) is 11.7. The summed E-state index contributed by atoms with van der Waals surface area (Å²) in [5.74, 6) is 0. The van der Waals surface area contributed by atoms with E-state index >= 15 is 0 Å². The Labute approximate surface area is 150 Å². The van der Waals surface area contributed by atoms with Crippen molar-refractivity contribution in [2.45, 2.75) is 63.3 Å². The van der Waals surface area contributed by atoms with Gasteiger partial charge in [-0.15, -0.1) is 0 Å². The molecule has 1 saturated heterocycles. The van der Waals surface area contributed by atoms with Gasteiger partial charge < -0.3 is 26.9 Å². The summed E-state index contributed by atoms with van der Waals surface area (Å²) >= 11 is 0. The Morgan fingerprint density at radius 1 is 0.875 bits per heavy atom. The van der Waals surface area contributed by atoms with Gasteiger partial charge in [0, 0.05) is 48.7 Å². The van der Waals surface area contributed by atoms with Crippen LogP contribution in [0.15, 0.2) is 0 Å². The standard InChI is InChI=1S/C11H24O3Si.C5H14O3Si/c1-5-8-11(12-2)9-6-7-10-15(11,13-3)14-4;1-5-9(6-2,7-3)8-4/h5-10H2,1-4H3;5H2,1-4H3. The molecule has 0 aromatic carbocycles. The fourth-order valence-electron chi connectivity index (χ4n) is 3.61. The molecule has 0 aliphatic carbocycles. The van der Waals surface area contributed by atoms with Crippen LogP contribution in [0.4, 0.5) is 0 Å². The van der Waals surface area contributed by atoms with Gasteiger partial charge in [0.1, 0.15) is 5.22 Å². The molecule has 1 aliphatic heterocycles. The maximum atomic E-state index is 5.83. The van der Waals surface area contributed by atoms with Crippen molar-refractivity contribution < 1.29 is 26.9 Å². The number of ether oxygens (including phenoxy) is 1. The summed E-state index contributed by atoms with van der Waals surface area (Å²) in [5.41, 5.74) is 0. The minimum Gasteiger partial charge on any atom is -0.396 e. The van der Waals surface area contributed by atoms with Crippen LogP contribution in [-0.4, -0.2) is 65.2 Å². The van der Waals surface area contributed by atoms with Gasteiger partial charge in [-0.2, -0.15) is 0 Å². The monoisotopic (exact) mass is 382 g/mol. The minimum absolute atomic E-state index is 0.122. The Balaban J connectivity index is 0.000000506. The second-order valence-electron chi connectivity index (χ2n) is 5.97. The van der Waals surface area contributed by atoms with Crippen LogP contribution in [0.25, 0.3) is 0 Å². The summed E-state index contributed by atoms with van der Waals surface area (Å²) in [6.07, 6.45) is 5.70. The third kappa shape index (κ3) is 5.34. The van der Waals surface area contributed by atoms with Crippen LogP contribution < -0.4 is 0 Å². The van der Waals surface area contributed by atoms with E-state index in [0.717, 1.165) is 31.4 Å². The quantitative estimate of drug-likeness (QED) is 0.569. The molecule has 0 saturated carbocycles. The van der Waals surface area contributed by atoms with Gasteiger partial charge >= 0.3 is 17.4 Å². The highest BCUT2D eigenvalue weighted by atomic mass is 28.4. The highest BCUT2D eigenvalue weighted by Gasteiger charge is 2.58. The van der Waals surface area contributed by atoms with Gasteiger partial charge in [0.15, 0.2) is 0 Å². The Kier molecular flexibility index (Phi) is 11.8. The summed E-state index contributed by atoms with van der Waals surface area (Å²) in [4.78, 5) is 0. The van der Waals surface area contributed by atoms with Gasteiger partial charge in [-0.3, -0.25) is 0 Å². The molecule has 0 N–H and O–H groups in total. The molecule has 8 heteroatoms. The molecule has 0 aromatic heterocycles. The molecular weight excluding hydrogens is 344 g/mol. The van der Waals surface area contributed by atoms with Gasteiger partial charge in [0.25, 0.3) is 0 Å². The number of methoxy groups -OCH3 is 1. The molecule has 0 amide bonds. The average Bonchev–Trinajstić information content (AvgIpc) is 2.65. The van der Waals surface area contributed by atoms with E-state index in [1.807, 2.05) is 6.92 Å². The third-order valence-corrected chi connectivity index (χ3v) is 12.3. The molecule has 1 atom stereocenters. The van der Waals surface area contributed by atoms with E-state index in [0.29, 0.717) is 0 Å². The molecule has 0 bridgehead atoms. The van der Waals surface area contributed by atoms with Gasteiger partial charge in [0.05, 0.1) is 0 Å². The van der Waals surface area contributed by atoms with E-state index in [-0.39, 0.29) is 5.22 Å². The number of hydrogen-bond acceptors (Lipinski definition) is 6. The lowest BCUT2D eigenvalue weighted by Crippen LogP contribution is -2.64. The molecule has 1 rings (SSSR count). The molecule has 24 heavy (non-hydrogen) atoms. The van der Waals surface area contributed by atoms with Crippen molar-refractivity contribution in [2.75, 3.05) is 42.7 Å². The normalized spacial score (nSPS) is 23.5. The molecular formula is C16H38O6Si2. The fourth-order valence-corrected chi connectivity index (χ4v) is 8.96. The van der Waals surface area contributed by atoms with Crippen LogP contribution in [-0.2, 0) is 26.9 Å². The van der Waals surface area contributed by atoms with E-state index in [1.54, 1.807) is 42.7 Å². The second-order valence-corrected chi connectivity index (χ2v) is 13.0. The molecule has 0 spiro atoms. The van der Waals surface area contributed by atoms with Crippen LogP contribution in [0.2, 0.25) is 12.1 Å². The molecule has 1 aliphatic rings. The van der Waals surface area contributed by atoms with Crippen molar-refractivity contribution in [3.05, 3.63) is 0 Å². The first-order valence-corrected chi connectivity index (χ1v) is 12.7. The Morgan fingerprint density at radius 3 is 1.71 bits per heavy atom. The molecule has 146 valence electrons. The largest absolute Gasteiger partial charge is 0.499 e. The topological polar surface area (TPSA) is 55.4 Å². The zero-order valence-corrected chi connectivity index (χ0v) is 18.9. The van der Waals surface area contributed by atoms with Crippen molar-refractivity contribution in [2.24, 2.45) is 0 Å². The van der Waals surface area contributed by atoms with Crippen LogP contribution in [0.5, 0.6) is 0 Å². The summed E-state index contributed by atoms with van der Waals surface area (Å²) in [6.45, 7) is 4.18. The van der Waals surface area contributed by atoms with Crippen LogP contribution in [0.1, 0.15) is 46.0 Å². The van der Waals surface area contributed by atoms with Gasteiger partial charge in [-0.1, -0.05) is 33.1 Å². The lowest BCUT2D eigenvalue weighted by Gasteiger charge is -2.47. The van der Waals surface area contributed by atoms with Crippen molar-refractivity contribution in [1.82, 2.24) is 0 Å². The van der Waals surface area contributed by atoms with E-state index in [9.17, 15) is 0 Å². The average molecular weight is 383 g/mol. The number of rotatable bonds is 9. The van der Waals surface area contributed by atoms with Crippen molar-refractivity contribution in [1.29, 1.82) is 0 Å². The molecule has 0 radical (unpaired) electrons. The predicted octanol–water partition coefficient (Wildman–Crippen LogP) is 3.51. The molecule has 6 nitrogen and oxygen atoms in total. The van der Waals surface area contributed by atoms with Crippen molar-refractivity contribution >= 4 is 17.4 Å². The zero-order chi connectivity index (χ0) is 18.7. The summed E-state index contributed by atoms with van der Waals surface area (Å²) in [6, 6.07) is 1.88. The first-order chi connectivity index (χ1) is 11.4. The van der Waals surface area contributed by atoms with Gasteiger partial charge in [-0.05, 0) is 18.9 Å². The van der Waals surface area contributed by atoms with Crippen LogP contribution >= 0.6 is 0 Å². The summed E-state index contributed by atoms with van der Waals surface area (Å²) < 4.78 is 32.6. The van der Waals surface area contributed by atoms with E-state index in [2.05, 4.69) is 6.92 Å². The van der Waals surface area contributed by atoms with Crippen LogP contribution in [0, 0.1) is 0 Å². The summed E-state index contributed by atoms with van der Waals surface area (Å²) in [7, 11) is 5.87. The third-order valence-electron chi connectivity index (χ3n) is 5.10. The van der Waals surface area contributed by atoms with E-state index in [1.165, 1.54) is 12.8 Å². The lowest BCUT2D eigenvalue weighted by molar-refractivity contribution is -0.0149. The highest BCUT2D eigenvalue weighted by Crippen LogP contribution is 2.42. The Bertz CT molecular complexity index is 302. The maximum absolute atomic E-state index is 5.83. The predicted molar refractivity (Wildman–Crippen MR) is 100 cm³/mol.